The molecule has 0 aromatic carbocycles. The highest BCUT2D eigenvalue weighted by atomic mass is 16.2. The number of hydrogen-bond acceptors (Lipinski definition) is 8. The fourth-order valence-electron chi connectivity index (χ4n) is 4.60. The predicted octanol–water partition coefficient (Wildman–Crippen LogP) is -0.543. The molecular weight excluding hydrogens is 594 g/mol. The number of aromatic nitrogens is 2. The quantitative estimate of drug-likeness (QED) is 0.0810. The van der Waals surface area contributed by atoms with E-state index in [1.807, 2.05) is 27.7 Å². The van der Waals surface area contributed by atoms with Gasteiger partial charge in [-0.1, -0.05) is 41.0 Å². The van der Waals surface area contributed by atoms with Crippen molar-refractivity contribution in [3.8, 4) is 0 Å². The normalized spacial score (nSPS) is 13.7. The Hall–Kier alpha value is -4.01. The molecule has 0 aliphatic carbocycles. The number of aromatic amines is 1. The monoisotopic (exact) mass is 649 g/mol. The number of carbonyl (C=O) groups is 6. The van der Waals surface area contributed by atoms with Crippen LogP contribution in [-0.2, 0) is 35.2 Å². The molecule has 0 radical (unpaired) electrons. The van der Waals surface area contributed by atoms with Crippen LogP contribution in [0.3, 0.4) is 0 Å². The zero-order chi connectivity index (χ0) is 34.6. The van der Waals surface area contributed by atoms with E-state index < -0.39 is 23.9 Å². The summed E-state index contributed by atoms with van der Waals surface area (Å²) in [6, 6.07) is -1.64. The number of rotatable bonds is 22. The average Bonchev–Trinajstić information content (AvgIpc) is 3.49. The summed E-state index contributed by atoms with van der Waals surface area (Å²) in [6.45, 7) is 14.2. The molecule has 2 unspecified atom stereocenters. The van der Waals surface area contributed by atoms with Crippen LogP contribution in [0.5, 0.6) is 0 Å². The molecule has 0 saturated carbocycles. The molecule has 46 heavy (non-hydrogen) atoms. The van der Waals surface area contributed by atoms with E-state index in [0.29, 0.717) is 45.4 Å². The van der Waals surface area contributed by atoms with Gasteiger partial charge in [-0.15, -0.1) is 0 Å². The van der Waals surface area contributed by atoms with E-state index >= 15 is 0 Å². The van der Waals surface area contributed by atoms with E-state index in [9.17, 15) is 28.8 Å². The number of H-pyrrole nitrogens is 1. The Balaban J connectivity index is 2.70. The number of carbonyl (C=O) groups excluding carboxylic acids is 6. The molecule has 6 amide bonds. The maximum absolute atomic E-state index is 13.4. The second kappa shape index (κ2) is 21.7. The van der Waals surface area contributed by atoms with Crippen LogP contribution >= 0.6 is 0 Å². The molecule has 15 heteroatoms. The first-order valence-corrected chi connectivity index (χ1v) is 16.1. The van der Waals surface area contributed by atoms with Gasteiger partial charge in [-0.05, 0) is 18.3 Å². The minimum atomic E-state index is -0.827. The molecule has 0 bridgehead atoms. The van der Waals surface area contributed by atoms with Crippen molar-refractivity contribution in [1.29, 1.82) is 0 Å². The zero-order valence-corrected chi connectivity index (χ0v) is 28.5. The fraction of sp³-hybridized carbons (Fsp3) is 0.710. The third kappa shape index (κ3) is 16.9. The van der Waals surface area contributed by atoms with Gasteiger partial charge >= 0.3 is 0 Å². The Morgan fingerprint density at radius 1 is 0.804 bits per heavy atom. The molecular formula is C31H55N9O6. The molecule has 260 valence electrons. The Bertz CT molecular complexity index is 1090. The van der Waals surface area contributed by atoms with Crippen LogP contribution in [0, 0.1) is 17.8 Å². The van der Waals surface area contributed by atoms with Gasteiger partial charge in [0, 0.05) is 77.3 Å². The molecule has 0 aliphatic rings. The Labute approximate surface area is 272 Å². The number of hydrogen-bond donors (Lipinski definition) is 7. The van der Waals surface area contributed by atoms with Gasteiger partial charge < -0.3 is 36.9 Å². The smallest absolute Gasteiger partial charge is 0.243 e. The molecule has 1 heterocycles. The number of amides is 6. The SMILES string of the molecule is CCC(C)[C@H](NC(=O)C(C)Cc1cnc[nH]1)C(=O)N[C@@H](CC(C)C)C(=O)NCCNC(=O)CN(CCNC(C)=O)CCNC(C)=O. The van der Waals surface area contributed by atoms with Crippen LogP contribution in [-0.4, -0.2) is 108 Å². The summed E-state index contributed by atoms with van der Waals surface area (Å²) in [5.74, 6) is -2.17. The van der Waals surface area contributed by atoms with Crippen LogP contribution in [0.15, 0.2) is 12.5 Å². The summed E-state index contributed by atoms with van der Waals surface area (Å²) in [4.78, 5) is 83.3. The zero-order valence-electron chi connectivity index (χ0n) is 28.5. The molecule has 0 fully saturated rings. The summed E-state index contributed by atoms with van der Waals surface area (Å²) in [7, 11) is 0. The summed E-state index contributed by atoms with van der Waals surface area (Å²) < 4.78 is 0. The second-order valence-electron chi connectivity index (χ2n) is 12.1. The van der Waals surface area contributed by atoms with Crippen LogP contribution in [0.1, 0.15) is 67.0 Å². The van der Waals surface area contributed by atoms with Gasteiger partial charge in [0.05, 0.1) is 12.9 Å². The summed E-state index contributed by atoms with van der Waals surface area (Å²) in [6.07, 6.45) is 4.69. The highest BCUT2D eigenvalue weighted by Crippen LogP contribution is 2.13. The predicted molar refractivity (Wildman–Crippen MR) is 174 cm³/mol. The largest absolute Gasteiger partial charge is 0.355 e. The average molecular weight is 650 g/mol. The molecule has 7 N–H and O–H groups in total. The molecule has 1 aromatic heterocycles. The molecule has 0 aliphatic heterocycles. The molecule has 1 rings (SSSR count). The van der Waals surface area contributed by atoms with Crippen molar-refractivity contribution in [2.45, 2.75) is 79.8 Å². The van der Waals surface area contributed by atoms with E-state index in [2.05, 4.69) is 41.9 Å². The van der Waals surface area contributed by atoms with E-state index in [-0.39, 0.29) is 61.0 Å². The van der Waals surface area contributed by atoms with Crippen LogP contribution in [0.4, 0.5) is 0 Å². The minimum absolute atomic E-state index is 0.0440. The Kier molecular flexibility index (Phi) is 18.9. The van der Waals surface area contributed by atoms with Crippen LogP contribution < -0.4 is 31.9 Å². The van der Waals surface area contributed by atoms with Crippen molar-refractivity contribution in [2.24, 2.45) is 17.8 Å². The van der Waals surface area contributed by atoms with Crippen molar-refractivity contribution in [3.05, 3.63) is 18.2 Å². The second-order valence-corrected chi connectivity index (χ2v) is 12.1. The first-order chi connectivity index (χ1) is 21.7. The summed E-state index contributed by atoms with van der Waals surface area (Å²) in [5.41, 5.74) is 0.818. The molecule has 1 aromatic rings. The van der Waals surface area contributed by atoms with Gasteiger partial charge in [-0.25, -0.2) is 4.98 Å². The van der Waals surface area contributed by atoms with Crippen molar-refractivity contribution >= 4 is 35.4 Å². The number of nitrogens with zero attached hydrogens (tertiary/aromatic N) is 2. The summed E-state index contributed by atoms with van der Waals surface area (Å²) >= 11 is 0. The third-order valence-corrected chi connectivity index (χ3v) is 7.38. The van der Waals surface area contributed by atoms with E-state index in [1.54, 1.807) is 24.3 Å². The highest BCUT2D eigenvalue weighted by molar-refractivity contribution is 5.92. The lowest BCUT2D eigenvalue weighted by Crippen LogP contribution is -2.57. The van der Waals surface area contributed by atoms with E-state index in [0.717, 1.165) is 5.69 Å². The molecule has 0 spiro atoms. The van der Waals surface area contributed by atoms with Gasteiger partial charge in [0.15, 0.2) is 0 Å². The van der Waals surface area contributed by atoms with Crippen molar-refractivity contribution < 1.29 is 28.8 Å². The maximum atomic E-state index is 13.4. The van der Waals surface area contributed by atoms with Crippen molar-refractivity contribution in [2.75, 3.05) is 45.8 Å². The van der Waals surface area contributed by atoms with Gasteiger partial charge in [0.1, 0.15) is 12.1 Å². The lowest BCUT2D eigenvalue weighted by atomic mass is 9.95. The fourth-order valence-corrected chi connectivity index (χ4v) is 4.60. The van der Waals surface area contributed by atoms with Gasteiger partial charge in [0.25, 0.3) is 0 Å². The van der Waals surface area contributed by atoms with E-state index in [4.69, 9.17) is 0 Å². The standard InChI is InChI=1S/C31H55N9O6/c1-8-21(4)28(39-29(44)22(5)16-25-17-32-19-37-25)31(46)38-26(15-20(2)3)30(45)36-10-9-35-27(43)18-40(13-11-33-23(6)41)14-12-34-24(7)42/h17,19-22,26,28H,8-16,18H2,1-7H3,(H,32,37)(H,33,41)(H,34,42)(H,35,43)(H,36,45)(H,38,46)(H,39,44)/t21?,22?,26-,28-/m0/s1. The minimum Gasteiger partial charge on any atom is -0.355 e. The van der Waals surface area contributed by atoms with E-state index in [1.165, 1.54) is 13.8 Å². The lowest BCUT2D eigenvalue weighted by molar-refractivity contribution is -0.134. The Morgan fingerprint density at radius 2 is 1.41 bits per heavy atom. The first-order valence-electron chi connectivity index (χ1n) is 16.1. The van der Waals surface area contributed by atoms with Gasteiger partial charge in [0.2, 0.25) is 35.4 Å². The molecule has 15 nitrogen and oxygen atoms in total. The van der Waals surface area contributed by atoms with Crippen molar-refractivity contribution in [1.82, 2.24) is 46.8 Å². The lowest BCUT2D eigenvalue weighted by Gasteiger charge is -2.28. The highest BCUT2D eigenvalue weighted by Gasteiger charge is 2.31. The first kappa shape index (κ1) is 40.0. The van der Waals surface area contributed by atoms with Gasteiger partial charge in [-0.2, -0.15) is 0 Å². The molecule has 0 saturated heterocycles. The van der Waals surface area contributed by atoms with Crippen molar-refractivity contribution in [3.63, 3.8) is 0 Å². The summed E-state index contributed by atoms with van der Waals surface area (Å²) in [5, 5.41) is 16.7. The van der Waals surface area contributed by atoms with Gasteiger partial charge in [-0.3, -0.25) is 33.7 Å². The topological polar surface area (TPSA) is 207 Å². The number of imidazole rings is 1. The number of nitrogens with one attached hydrogen (secondary N) is 7. The molecule has 4 atom stereocenters. The third-order valence-electron chi connectivity index (χ3n) is 7.38. The maximum Gasteiger partial charge on any atom is 0.243 e. The van der Waals surface area contributed by atoms with Crippen LogP contribution in [0.25, 0.3) is 0 Å². The Morgan fingerprint density at radius 3 is 1.93 bits per heavy atom. The van der Waals surface area contributed by atoms with Crippen LogP contribution in [0.2, 0.25) is 0 Å².